The third-order valence-corrected chi connectivity index (χ3v) is 3.24. The van der Waals surface area contributed by atoms with Crippen LogP contribution in [0.1, 0.15) is 36.8 Å². The smallest absolute Gasteiger partial charge is 0.372 e. The second-order valence-electron chi connectivity index (χ2n) is 5.27. The molecule has 0 aliphatic heterocycles. The number of ether oxygens (including phenoxy) is 1. The summed E-state index contributed by atoms with van der Waals surface area (Å²) in [5.41, 5.74) is 2.31. The minimum absolute atomic E-state index is 0.117. The first-order valence-corrected chi connectivity index (χ1v) is 7.34. The number of hydrogen-bond donors (Lipinski definition) is 1. The molecular formula is C16H24F3NO. The van der Waals surface area contributed by atoms with Crippen molar-refractivity contribution in [2.75, 3.05) is 26.3 Å². The van der Waals surface area contributed by atoms with Gasteiger partial charge in [0.25, 0.3) is 0 Å². The molecule has 0 fully saturated rings. The van der Waals surface area contributed by atoms with Crippen LogP contribution < -0.4 is 5.32 Å². The predicted octanol–water partition coefficient (Wildman–Crippen LogP) is 4.05. The van der Waals surface area contributed by atoms with Crippen LogP contribution in [0.4, 0.5) is 13.2 Å². The van der Waals surface area contributed by atoms with Gasteiger partial charge in [0.2, 0.25) is 0 Å². The minimum atomic E-state index is -4.25. The lowest BCUT2D eigenvalue weighted by Crippen LogP contribution is -2.24. The number of benzene rings is 1. The molecule has 0 aliphatic rings. The topological polar surface area (TPSA) is 21.3 Å². The minimum Gasteiger partial charge on any atom is -0.372 e. The van der Waals surface area contributed by atoms with Gasteiger partial charge in [-0.2, -0.15) is 13.2 Å². The van der Waals surface area contributed by atoms with Gasteiger partial charge in [-0.1, -0.05) is 36.8 Å². The number of hydrogen-bond acceptors (Lipinski definition) is 2. The van der Waals surface area contributed by atoms with Gasteiger partial charge in [0.1, 0.15) is 6.61 Å². The van der Waals surface area contributed by atoms with Crippen molar-refractivity contribution >= 4 is 0 Å². The average molecular weight is 303 g/mol. The summed E-state index contributed by atoms with van der Waals surface area (Å²) in [5.74, 6) is 0.172. The fourth-order valence-corrected chi connectivity index (χ4v) is 2.09. The highest BCUT2D eigenvalue weighted by Gasteiger charge is 2.27. The van der Waals surface area contributed by atoms with E-state index in [1.807, 2.05) is 31.2 Å². The van der Waals surface area contributed by atoms with Crippen molar-refractivity contribution in [3.05, 3.63) is 35.4 Å². The Morgan fingerprint density at radius 1 is 1.19 bits per heavy atom. The molecule has 1 atom stereocenters. The van der Waals surface area contributed by atoms with E-state index >= 15 is 0 Å². The first kappa shape index (κ1) is 18.0. The summed E-state index contributed by atoms with van der Waals surface area (Å²) in [5, 5.41) is 3.33. The molecule has 1 aromatic rings. The summed E-state index contributed by atoms with van der Waals surface area (Å²) < 4.78 is 40.9. The number of halogens is 3. The summed E-state index contributed by atoms with van der Waals surface area (Å²) in [6.45, 7) is 4.71. The third kappa shape index (κ3) is 8.07. The van der Waals surface area contributed by atoms with E-state index in [1.165, 1.54) is 5.56 Å². The van der Waals surface area contributed by atoms with Crippen LogP contribution in [-0.4, -0.2) is 32.5 Å². The zero-order valence-electron chi connectivity index (χ0n) is 12.7. The van der Waals surface area contributed by atoms with Crippen molar-refractivity contribution < 1.29 is 17.9 Å². The van der Waals surface area contributed by atoms with Crippen LogP contribution in [0.5, 0.6) is 0 Å². The molecule has 2 nitrogen and oxygen atoms in total. The molecule has 0 saturated carbocycles. The van der Waals surface area contributed by atoms with Crippen LogP contribution >= 0.6 is 0 Å². The van der Waals surface area contributed by atoms with Crippen molar-refractivity contribution in [1.29, 1.82) is 0 Å². The monoisotopic (exact) mass is 303 g/mol. The van der Waals surface area contributed by atoms with Crippen molar-refractivity contribution in [1.82, 2.24) is 5.32 Å². The van der Waals surface area contributed by atoms with Gasteiger partial charge in [0, 0.05) is 13.2 Å². The van der Waals surface area contributed by atoms with Crippen LogP contribution in [0.25, 0.3) is 0 Å². The average Bonchev–Trinajstić information content (AvgIpc) is 2.41. The second-order valence-corrected chi connectivity index (χ2v) is 5.27. The van der Waals surface area contributed by atoms with Crippen molar-refractivity contribution in [3.63, 3.8) is 0 Å². The Hall–Kier alpha value is -1.07. The summed E-state index contributed by atoms with van der Waals surface area (Å²) in [4.78, 5) is 0. The van der Waals surface area contributed by atoms with Gasteiger partial charge in [-0.25, -0.2) is 0 Å². The van der Waals surface area contributed by atoms with E-state index < -0.39 is 12.8 Å². The van der Waals surface area contributed by atoms with Gasteiger partial charge < -0.3 is 10.1 Å². The second kappa shape index (κ2) is 9.05. The van der Waals surface area contributed by atoms with Gasteiger partial charge in [0.05, 0.1) is 0 Å². The van der Waals surface area contributed by atoms with E-state index in [-0.39, 0.29) is 12.5 Å². The van der Waals surface area contributed by atoms with E-state index in [4.69, 9.17) is 4.74 Å². The lowest BCUT2D eigenvalue weighted by molar-refractivity contribution is -0.174. The lowest BCUT2D eigenvalue weighted by Gasteiger charge is -2.19. The standard InChI is InChI=1S/C16H24F3NO/c1-3-9-20-11-15(8-10-21-12-16(17,18)19)14-6-4-13(2)5-7-14/h4-7,15,20H,3,8-12H2,1-2H3. The van der Waals surface area contributed by atoms with E-state index in [1.54, 1.807) is 0 Å². The van der Waals surface area contributed by atoms with Crippen molar-refractivity contribution in [3.8, 4) is 0 Å². The molecule has 0 aromatic heterocycles. The first-order chi connectivity index (χ1) is 9.92. The van der Waals surface area contributed by atoms with Crippen molar-refractivity contribution in [2.45, 2.75) is 38.8 Å². The van der Waals surface area contributed by atoms with Crippen LogP contribution in [0, 0.1) is 6.92 Å². The third-order valence-electron chi connectivity index (χ3n) is 3.24. The number of aryl methyl sites for hydroxylation is 1. The van der Waals surface area contributed by atoms with E-state index in [2.05, 4.69) is 12.2 Å². The Labute approximate surface area is 124 Å². The Balaban J connectivity index is 2.50. The van der Waals surface area contributed by atoms with Gasteiger partial charge in [-0.15, -0.1) is 0 Å². The molecule has 0 saturated heterocycles. The maximum absolute atomic E-state index is 12.1. The van der Waals surface area contributed by atoms with E-state index in [0.717, 1.165) is 25.1 Å². The van der Waals surface area contributed by atoms with Gasteiger partial charge >= 0.3 is 6.18 Å². The summed E-state index contributed by atoms with van der Waals surface area (Å²) in [6.07, 6.45) is -2.64. The molecule has 1 N–H and O–H groups in total. The normalized spacial score (nSPS) is 13.4. The number of rotatable bonds is 9. The SMILES string of the molecule is CCCNCC(CCOCC(F)(F)F)c1ccc(C)cc1. The molecule has 1 unspecified atom stereocenters. The molecule has 0 bridgehead atoms. The molecule has 1 rings (SSSR count). The largest absolute Gasteiger partial charge is 0.411 e. The summed E-state index contributed by atoms with van der Waals surface area (Å²) in [7, 11) is 0. The van der Waals surface area contributed by atoms with E-state index in [9.17, 15) is 13.2 Å². The zero-order valence-corrected chi connectivity index (χ0v) is 12.7. The first-order valence-electron chi connectivity index (χ1n) is 7.34. The Morgan fingerprint density at radius 3 is 2.43 bits per heavy atom. The summed E-state index contributed by atoms with van der Waals surface area (Å²) in [6, 6.07) is 8.13. The fraction of sp³-hybridized carbons (Fsp3) is 0.625. The lowest BCUT2D eigenvalue weighted by atomic mass is 9.95. The van der Waals surface area contributed by atoms with Gasteiger partial charge in [-0.3, -0.25) is 0 Å². The molecular weight excluding hydrogens is 279 g/mol. The van der Waals surface area contributed by atoms with Crippen LogP contribution in [0.2, 0.25) is 0 Å². The molecule has 0 amide bonds. The molecule has 0 aliphatic carbocycles. The maximum Gasteiger partial charge on any atom is 0.411 e. The Morgan fingerprint density at radius 2 is 1.86 bits per heavy atom. The molecule has 0 spiro atoms. The Bertz CT molecular complexity index is 390. The van der Waals surface area contributed by atoms with Crippen LogP contribution in [0.3, 0.4) is 0 Å². The molecule has 120 valence electrons. The van der Waals surface area contributed by atoms with Gasteiger partial charge in [0.15, 0.2) is 0 Å². The highest BCUT2D eigenvalue weighted by molar-refractivity contribution is 5.24. The van der Waals surface area contributed by atoms with Crippen molar-refractivity contribution in [2.24, 2.45) is 0 Å². The number of nitrogens with one attached hydrogen (secondary N) is 1. The zero-order chi connectivity index (χ0) is 15.7. The molecule has 0 radical (unpaired) electrons. The van der Waals surface area contributed by atoms with Gasteiger partial charge in [-0.05, 0) is 37.8 Å². The maximum atomic E-state index is 12.1. The molecule has 21 heavy (non-hydrogen) atoms. The quantitative estimate of drug-likeness (QED) is 0.695. The predicted molar refractivity (Wildman–Crippen MR) is 78.6 cm³/mol. The highest BCUT2D eigenvalue weighted by atomic mass is 19.4. The Kier molecular flexibility index (Phi) is 7.75. The summed E-state index contributed by atoms with van der Waals surface area (Å²) >= 11 is 0. The van der Waals surface area contributed by atoms with Crippen LogP contribution in [-0.2, 0) is 4.74 Å². The number of alkyl halides is 3. The van der Waals surface area contributed by atoms with Crippen LogP contribution in [0.15, 0.2) is 24.3 Å². The molecule has 5 heteroatoms. The molecule has 1 aromatic carbocycles. The molecule has 0 heterocycles. The fourth-order valence-electron chi connectivity index (χ4n) is 2.09. The highest BCUT2D eigenvalue weighted by Crippen LogP contribution is 2.21. The van der Waals surface area contributed by atoms with E-state index in [0.29, 0.717) is 6.42 Å².